The van der Waals surface area contributed by atoms with E-state index in [4.69, 9.17) is 9.47 Å². The van der Waals surface area contributed by atoms with Crippen molar-refractivity contribution in [3.63, 3.8) is 0 Å². The molecule has 0 fully saturated rings. The van der Waals surface area contributed by atoms with Crippen LogP contribution in [0.1, 0.15) is 27.7 Å². The Balaban J connectivity index is -0.00000112. The fourth-order valence-electron chi connectivity index (χ4n) is 0.796. The molecule has 0 spiro atoms. The second kappa shape index (κ2) is 11.9. The Hall–Kier alpha value is 1.12. The Kier molecular flexibility index (Phi) is 16.0. The van der Waals surface area contributed by atoms with Gasteiger partial charge < -0.3 is 39.4 Å². The molecule has 0 amide bonds. The molecule has 8 heteroatoms. The molecule has 0 aliphatic carbocycles. The van der Waals surface area contributed by atoms with Crippen LogP contribution in [0.5, 0.6) is 0 Å². The van der Waals surface area contributed by atoms with E-state index in [1.54, 1.807) is 27.7 Å². The van der Waals surface area contributed by atoms with Crippen LogP contribution in [0.15, 0.2) is 11.5 Å². The molecule has 92 valence electrons. The van der Waals surface area contributed by atoms with E-state index in [0.717, 1.165) is 0 Å². The first-order valence-corrected chi connectivity index (χ1v) is 5.57. The van der Waals surface area contributed by atoms with Crippen molar-refractivity contribution < 1.29 is 78.5 Å². The zero-order chi connectivity index (χ0) is 12.9. The maximum Gasteiger partial charge on any atom is 1.00 e. The molecular formula is C10H14Na2O4S2. The number of thiocarbonyl (C=S) groups is 1. The molecule has 0 aliphatic rings. The molecule has 0 unspecified atom stereocenters. The van der Waals surface area contributed by atoms with Gasteiger partial charge in [-0.05, 0) is 20.0 Å². The van der Waals surface area contributed by atoms with Crippen molar-refractivity contribution in [2.75, 3.05) is 0 Å². The third kappa shape index (κ3) is 9.97. The number of hydrogen-bond donors (Lipinski definition) is 0. The minimum Gasteiger partial charge on any atom is -0.610 e. The third-order valence-corrected chi connectivity index (χ3v) is 1.71. The average Bonchev–Trinajstić information content (AvgIpc) is 1.98. The van der Waals surface area contributed by atoms with Gasteiger partial charge in [0.1, 0.15) is 0 Å². The molecule has 0 aromatic rings. The van der Waals surface area contributed by atoms with Gasteiger partial charge in [-0.1, -0.05) is 13.8 Å². The molecule has 0 heterocycles. The first kappa shape index (κ1) is 24.2. The number of ether oxygens (including phenoxy) is 2. The van der Waals surface area contributed by atoms with Crippen molar-refractivity contribution in [1.82, 2.24) is 0 Å². The van der Waals surface area contributed by atoms with Gasteiger partial charge in [-0.25, -0.2) is 4.79 Å². The summed E-state index contributed by atoms with van der Waals surface area (Å²) in [4.78, 5) is 11.5. The van der Waals surface area contributed by atoms with Gasteiger partial charge in [0.05, 0.1) is 17.6 Å². The zero-order valence-corrected chi connectivity index (χ0v) is 17.2. The summed E-state index contributed by atoms with van der Waals surface area (Å²) >= 11 is 9.30. The quantitative estimate of drug-likeness (QED) is 0.126. The Labute approximate surface area is 163 Å². The second-order valence-corrected chi connectivity index (χ2v) is 4.65. The van der Waals surface area contributed by atoms with Crippen molar-refractivity contribution >= 4 is 35.0 Å². The zero-order valence-electron chi connectivity index (χ0n) is 11.6. The smallest absolute Gasteiger partial charge is 0.610 e. The van der Waals surface area contributed by atoms with Crippen LogP contribution in [0.25, 0.3) is 0 Å². The predicted octanol–water partition coefficient (Wildman–Crippen LogP) is -5.18. The Bertz CT molecular complexity index is 317. The van der Waals surface area contributed by atoms with Crippen LogP contribution in [0.4, 0.5) is 0 Å². The number of carbonyl (C=O) groups excluding carboxylic acids is 1. The van der Waals surface area contributed by atoms with Crippen molar-refractivity contribution in [3.8, 4) is 0 Å². The predicted molar refractivity (Wildman–Crippen MR) is 64.4 cm³/mol. The molecule has 0 aromatic heterocycles. The summed E-state index contributed by atoms with van der Waals surface area (Å²) in [6.07, 6.45) is -0.697. The van der Waals surface area contributed by atoms with E-state index >= 15 is 0 Å². The minimum atomic E-state index is -0.833. The van der Waals surface area contributed by atoms with Gasteiger partial charge >= 0.3 is 65.1 Å². The summed E-state index contributed by atoms with van der Waals surface area (Å²) < 4.78 is 9.45. The van der Waals surface area contributed by atoms with Crippen LogP contribution in [-0.4, -0.2) is 22.4 Å². The van der Waals surface area contributed by atoms with Gasteiger partial charge in [-0.15, -0.1) is 4.20 Å². The molecule has 0 bridgehead atoms. The summed E-state index contributed by atoms with van der Waals surface area (Å²) in [7, 11) is 0. The van der Waals surface area contributed by atoms with E-state index in [-0.39, 0.29) is 81.1 Å². The van der Waals surface area contributed by atoms with E-state index in [2.05, 4.69) is 24.8 Å². The summed E-state index contributed by atoms with van der Waals surface area (Å²) in [5.74, 6) is -1.67. The number of esters is 1. The molecule has 0 N–H and O–H groups in total. The Morgan fingerprint density at radius 1 is 1.11 bits per heavy atom. The standard InChI is InChI=1S/C10H16O4S2.2Na/c1-5(2)13-8(11)7(10(15)16)9(12)14-6(3)4;;/h5-6,11H,1-4H3,(H,15,16);;/q;2*+1/p-2. The van der Waals surface area contributed by atoms with Gasteiger partial charge in [0, 0.05) is 0 Å². The van der Waals surface area contributed by atoms with E-state index in [1.807, 2.05) is 0 Å². The largest absolute Gasteiger partial charge is 1.00 e. The van der Waals surface area contributed by atoms with Crippen LogP contribution < -0.4 is 64.2 Å². The van der Waals surface area contributed by atoms with Crippen LogP contribution in [-0.2, 0) is 26.9 Å². The molecule has 0 aromatic carbocycles. The minimum absolute atomic E-state index is 0. The van der Waals surface area contributed by atoms with Gasteiger partial charge in [0.15, 0.2) is 0 Å². The third-order valence-electron chi connectivity index (χ3n) is 1.30. The summed E-state index contributed by atoms with van der Waals surface area (Å²) in [6, 6.07) is 0. The molecule has 4 nitrogen and oxygen atoms in total. The number of hydrogen-bond acceptors (Lipinski definition) is 6. The molecule has 0 saturated carbocycles. The maximum atomic E-state index is 11.5. The molecule has 18 heavy (non-hydrogen) atoms. The first-order chi connectivity index (χ1) is 7.25. The molecule has 0 saturated heterocycles. The summed E-state index contributed by atoms with van der Waals surface area (Å²) in [5, 5.41) is 11.5. The van der Waals surface area contributed by atoms with Crippen molar-refractivity contribution in [2.24, 2.45) is 0 Å². The van der Waals surface area contributed by atoms with Gasteiger partial charge in [-0.2, -0.15) is 0 Å². The van der Waals surface area contributed by atoms with E-state index in [0.29, 0.717) is 0 Å². The van der Waals surface area contributed by atoms with Crippen molar-refractivity contribution in [1.29, 1.82) is 0 Å². The van der Waals surface area contributed by atoms with Crippen LogP contribution in [0.3, 0.4) is 0 Å². The SMILES string of the molecule is CC(C)OC(=O)C(C(=S)[S-])=C([O-])OC(C)C.[Na+].[Na+]. The fraction of sp³-hybridized carbons (Fsp3) is 0.600. The number of carbonyl (C=O) groups is 1. The fourth-order valence-corrected chi connectivity index (χ4v) is 1.13. The van der Waals surface area contributed by atoms with E-state index in [1.165, 1.54) is 0 Å². The maximum absolute atomic E-state index is 11.5. The van der Waals surface area contributed by atoms with Crippen LogP contribution >= 0.6 is 12.2 Å². The molecule has 0 rings (SSSR count). The van der Waals surface area contributed by atoms with Crippen molar-refractivity contribution in [2.45, 2.75) is 39.9 Å². The van der Waals surface area contributed by atoms with E-state index < -0.39 is 11.9 Å². The van der Waals surface area contributed by atoms with Crippen LogP contribution in [0, 0.1) is 0 Å². The first-order valence-electron chi connectivity index (χ1n) is 4.76. The van der Waals surface area contributed by atoms with Gasteiger partial charge in [0.25, 0.3) is 0 Å². The molecule has 0 aliphatic heterocycles. The molecule has 0 radical (unpaired) electrons. The number of rotatable bonds is 5. The van der Waals surface area contributed by atoms with Crippen molar-refractivity contribution in [3.05, 3.63) is 11.5 Å². The topological polar surface area (TPSA) is 58.6 Å². The summed E-state index contributed by atoms with van der Waals surface area (Å²) in [5.41, 5.74) is -0.382. The van der Waals surface area contributed by atoms with Crippen LogP contribution in [0.2, 0.25) is 0 Å². The monoisotopic (exact) mass is 308 g/mol. The molecule has 0 atom stereocenters. The average molecular weight is 308 g/mol. The Morgan fingerprint density at radius 3 is 1.78 bits per heavy atom. The second-order valence-electron chi connectivity index (χ2n) is 3.57. The normalized spacial score (nSPS) is 11.0. The summed E-state index contributed by atoms with van der Waals surface area (Å²) in [6.45, 7) is 6.65. The Morgan fingerprint density at radius 2 is 1.50 bits per heavy atom. The van der Waals surface area contributed by atoms with Gasteiger partial charge in [-0.3, -0.25) is 0 Å². The van der Waals surface area contributed by atoms with E-state index in [9.17, 15) is 9.90 Å². The van der Waals surface area contributed by atoms with Gasteiger partial charge in [0.2, 0.25) is 0 Å². The molecular weight excluding hydrogens is 294 g/mol.